The standard InChI is InChI=1S/C9H15NO/c1-7-8(2)11-9-5-3-4-6-10(7)9/h4,6-9H,3,5H2,1-2H3. The molecule has 0 N–H and O–H groups in total. The number of rotatable bonds is 0. The average Bonchev–Trinajstić information content (AvgIpc) is 2.30. The smallest absolute Gasteiger partial charge is 0.130 e. The third kappa shape index (κ3) is 1.06. The van der Waals surface area contributed by atoms with E-state index in [9.17, 15) is 0 Å². The molecule has 1 fully saturated rings. The van der Waals surface area contributed by atoms with E-state index in [4.69, 9.17) is 4.74 Å². The lowest BCUT2D eigenvalue weighted by Gasteiger charge is -2.27. The molecule has 3 unspecified atom stereocenters. The summed E-state index contributed by atoms with van der Waals surface area (Å²) >= 11 is 0. The van der Waals surface area contributed by atoms with Gasteiger partial charge in [0.25, 0.3) is 0 Å². The van der Waals surface area contributed by atoms with E-state index >= 15 is 0 Å². The van der Waals surface area contributed by atoms with Crippen molar-refractivity contribution < 1.29 is 4.74 Å². The molecule has 62 valence electrons. The maximum Gasteiger partial charge on any atom is 0.130 e. The largest absolute Gasteiger partial charge is 0.353 e. The zero-order chi connectivity index (χ0) is 7.84. The molecule has 0 amide bonds. The fourth-order valence-electron chi connectivity index (χ4n) is 1.82. The molecule has 0 radical (unpaired) electrons. The molecule has 1 saturated heterocycles. The Kier molecular flexibility index (Phi) is 1.64. The first-order valence-corrected chi connectivity index (χ1v) is 4.38. The monoisotopic (exact) mass is 153 g/mol. The van der Waals surface area contributed by atoms with E-state index in [0.717, 1.165) is 6.42 Å². The highest BCUT2D eigenvalue weighted by molar-refractivity contribution is 4.97. The summed E-state index contributed by atoms with van der Waals surface area (Å²) in [6, 6.07) is 0.552. The molecule has 0 bridgehead atoms. The van der Waals surface area contributed by atoms with Crippen molar-refractivity contribution in [2.75, 3.05) is 0 Å². The second kappa shape index (κ2) is 2.52. The van der Waals surface area contributed by atoms with E-state index in [0.29, 0.717) is 18.4 Å². The van der Waals surface area contributed by atoms with Crippen molar-refractivity contribution in [1.82, 2.24) is 4.90 Å². The Morgan fingerprint density at radius 3 is 3.00 bits per heavy atom. The van der Waals surface area contributed by atoms with Crippen molar-refractivity contribution in [3.63, 3.8) is 0 Å². The van der Waals surface area contributed by atoms with E-state index in [1.807, 2.05) is 0 Å². The molecule has 0 aromatic rings. The summed E-state index contributed by atoms with van der Waals surface area (Å²) < 4.78 is 5.75. The van der Waals surface area contributed by atoms with E-state index in [1.165, 1.54) is 6.42 Å². The molecule has 0 aromatic heterocycles. The van der Waals surface area contributed by atoms with E-state index in [1.54, 1.807) is 0 Å². The summed E-state index contributed by atoms with van der Waals surface area (Å²) in [4.78, 5) is 2.33. The first kappa shape index (κ1) is 7.17. The van der Waals surface area contributed by atoms with Crippen molar-refractivity contribution in [2.24, 2.45) is 0 Å². The van der Waals surface area contributed by atoms with E-state index < -0.39 is 0 Å². The first-order valence-electron chi connectivity index (χ1n) is 4.38. The first-order chi connectivity index (χ1) is 5.29. The van der Waals surface area contributed by atoms with Gasteiger partial charge in [-0.2, -0.15) is 0 Å². The fourth-order valence-corrected chi connectivity index (χ4v) is 1.82. The van der Waals surface area contributed by atoms with Gasteiger partial charge in [0.15, 0.2) is 0 Å². The maximum absolute atomic E-state index is 5.75. The van der Waals surface area contributed by atoms with Crippen LogP contribution in [0.25, 0.3) is 0 Å². The number of hydrogen-bond acceptors (Lipinski definition) is 2. The van der Waals surface area contributed by atoms with E-state index in [-0.39, 0.29) is 0 Å². The summed E-state index contributed by atoms with van der Waals surface area (Å²) in [6.45, 7) is 4.37. The molecule has 2 heteroatoms. The number of ether oxygens (including phenoxy) is 1. The fraction of sp³-hybridized carbons (Fsp3) is 0.778. The zero-order valence-corrected chi connectivity index (χ0v) is 7.16. The number of nitrogens with zero attached hydrogens (tertiary/aromatic N) is 1. The summed E-state index contributed by atoms with van der Waals surface area (Å²) in [5, 5.41) is 0. The van der Waals surface area contributed by atoms with Crippen molar-refractivity contribution in [2.45, 2.75) is 45.1 Å². The van der Waals surface area contributed by atoms with Crippen LogP contribution >= 0.6 is 0 Å². The Morgan fingerprint density at radius 1 is 1.45 bits per heavy atom. The van der Waals surface area contributed by atoms with Gasteiger partial charge >= 0.3 is 0 Å². The van der Waals surface area contributed by atoms with Crippen LogP contribution in [0.1, 0.15) is 26.7 Å². The molecule has 0 spiro atoms. The minimum Gasteiger partial charge on any atom is -0.353 e. The third-order valence-electron chi connectivity index (χ3n) is 2.71. The summed E-state index contributed by atoms with van der Waals surface area (Å²) in [5.74, 6) is 0. The van der Waals surface area contributed by atoms with Crippen molar-refractivity contribution in [1.29, 1.82) is 0 Å². The van der Waals surface area contributed by atoms with Crippen LogP contribution < -0.4 is 0 Å². The third-order valence-corrected chi connectivity index (χ3v) is 2.71. The van der Waals surface area contributed by atoms with Crippen LogP contribution in [0.15, 0.2) is 12.3 Å². The molecule has 0 aromatic carbocycles. The minimum atomic E-state index is 0.366. The highest BCUT2D eigenvalue weighted by Crippen LogP contribution is 2.28. The highest BCUT2D eigenvalue weighted by atomic mass is 16.5. The quantitative estimate of drug-likeness (QED) is 0.525. The second-order valence-corrected chi connectivity index (χ2v) is 3.45. The van der Waals surface area contributed by atoms with Crippen LogP contribution in [0.4, 0.5) is 0 Å². The molecule has 2 nitrogen and oxygen atoms in total. The van der Waals surface area contributed by atoms with Gasteiger partial charge in [0, 0.05) is 0 Å². The second-order valence-electron chi connectivity index (χ2n) is 3.45. The zero-order valence-electron chi connectivity index (χ0n) is 7.16. The molecule has 0 aliphatic carbocycles. The Labute approximate surface area is 67.8 Å². The van der Waals surface area contributed by atoms with Crippen LogP contribution in [0.3, 0.4) is 0 Å². The lowest BCUT2D eigenvalue weighted by atomic mass is 10.1. The molecule has 2 rings (SSSR count). The molecule has 0 saturated carbocycles. The summed E-state index contributed by atoms with van der Waals surface area (Å²) in [6.07, 6.45) is 7.50. The topological polar surface area (TPSA) is 12.5 Å². The van der Waals surface area contributed by atoms with Gasteiger partial charge in [-0.05, 0) is 32.9 Å². The van der Waals surface area contributed by atoms with Gasteiger partial charge in [0.1, 0.15) is 6.23 Å². The molecule has 11 heavy (non-hydrogen) atoms. The van der Waals surface area contributed by atoms with Crippen LogP contribution in [-0.2, 0) is 4.74 Å². The van der Waals surface area contributed by atoms with Gasteiger partial charge in [0.05, 0.1) is 12.1 Å². The van der Waals surface area contributed by atoms with Crippen molar-refractivity contribution in [3.05, 3.63) is 12.3 Å². The number of allylic oxidation sites excluding steroid dienone is 1. The predicted molar refractivity (Wildman–Crippen MR) is 44.0 cm³/mol. The minimum absolute atomic E-state index is 0.366. The van der Waals surface area contributed by atoms with Crippen LogP contribution in [0.5, 0.6) is 0 Å². The summed E-state index contributed by atoms with van der Waals surface area (Å²) in [7, 11) is 0. The number of fused-ring (bicyclic) bond motifs is 1. The summed E-state index contributed by atoms with van der Waals surface area (Å²) in [5.41, 5.74) is 0. The predicted octanol–water partition coefficient (Wildman–Crippen LogP) is 1.73. The SMILES string of the molecule is CC1OC2CCC=CN2C1C. The van der Waals surface area contributed by atoms with Crippen molar-refractivity contribution >= 4 is 0 Å². The van der Waals surface area contributed by atoms with Gasteiger partial charge in [-0.1, -0.05) is 6.08 Å². The Bertz CT molecular complexity index is 178. The normalized spacial score (nSPS) is 42.7. The lowest BCUT2D eigenvalue weighted by molar-refractivity contribution is 0.0122. The molecular formula is C9H15NO. The highest BCUT2D eigenvalue weighted by Gasteiger charge is 2.35. The molecule has 2 aliphatic rings. The van der Waals surface area contributed by atoms with Gasteiger partial charge in [-0.15, -0.1) is 0 Å². The van der Waals surface area contributed by atoms with E-state index in [2.05, 4.69) is 31.0 Å². The maximum atomic E-state index is 5.75. The molecule has 2 aliphatic heterocycles. The van der Waals surface area contributed by atoms with Gasteiger partial charge in [-0.3, -0.25) is 0 Å². The Balaban J connectivity index is 2.15. The van der Waals surface area contributed by atoms with Crippen LogP contribution in [-0.4, -0.2) is 23.3 Å². The Hall–Kier alpha value is -0.500. The van der Waals surface area contributed by atoms with Gasteiger partial charge < -0.3 is 9.64 Å². The van der Waals surface area contributed by atoms with Gasteiger partial charge in [-0.25, -0.2) is 0 Å². The average molecular weight is 153 g/mol. The van der Waals surface area contributed by atoms with Crippen LogP contribution in [0, 0.1) is 0 Å². The Morgan fingerprint density at radius 2 is 2.27 bits per heavy atom. The lowest BCUT2D eigenvalue weighted by Crippen LogP contribution is -2.33. The van der Waals surface area contributed by atoms with Crippen LogP contribution in [0.2, 0.25) is 0 Å². The van der Waals surface area contributed by atoms with Gasteiger partial charge in [0.2, 0.25) is 0 Å². The molecule has 3 atom stereocenters. The number of hydrogen-bond donors (Lipinski definition) is 0. The molecular weight excluding hydrogens is 138 g/mol. The van der Waals surface area contributed by atoms with Crippen molar-refractivity contribution in [3.8, 4) is 0 Å². The molecule has 2 heterocycles.